The number of carbonyl (C=O) groups excluding carboxylic acids is 1. The van der Waals surface area contributed by atoms with Crippen molar-refractivity contribution in [1.29, 1.82) is 0 Å². The molecule has 0 aliphatic carbocycles. The first-order valence-corrected chi connectivity index (χ1v) is 8.07. The first kappa shape index (κ1) is 16.6. The quantitative estimate of drug-likeness (QED) is 0.483. The zero-order valence-electron chi connectivity index (χ0n) is 11.8. The molecule has 20 heavy (non-hydrogen) atoms. The molecule has 0 fully saturated rings. The van der Waals surface area contributed by atoms with Crippen molar-refractivity contribution in [2.75, 3.05) is 26.0 Å². The fourth-order valence-electron chi connectivity index (χ4n) is 1.58. The smallest absolute Gasteiger partial charge is 0.341 e. The van der Waals surface area contributed by atoms with Crippen LogP contribution < -0.4 is 10.0 Å². The van der Waals surface area contributed by atoms with Gasteiger partial charge in [-0.25, -0.2) is 17.9 Å². The highest BCUT2D eigenvalue weighted by molar-refractivity contribution is 7.88. The van der Waals surface area contributed by atoms with Gasteiger partial charge in [0.15, 0.2) is 0 Å². The molecular weight excluding hydrogens is 284 g/mol. The lowest BCUT2D eigenvalue weighted by atomic mass is 10.2. The molecule has 0 atom stereocenters. The van der Waals surface area contributed by atoms with Gasteiger partial charge in [0.1, 0.15) is 5.56 Å². The largest absolute Gasteiger partial charge is 0.462 e. The Morgan fingerprint density at radius 2 is 2.15 bits per heavy atom. The van der Waals surface area contributed by atoms with Gasteiger partial charge in [-0.2, -0.15) is 5.10 Å². The Morgan fingerprint density at radius 3 is 2.75 bits per heavy atom. The van der Waals surface area contributed by atoms with Crippen LogP contribution in [0.5, 0.6) is 0 Å². The van der Waals surface area contributed by atoms with E-state index < -0.39 is 16.0 Å². The van der Waals surface area contributed by atoms with Crippen molar-refractivity contribution in [3.8, 4) is 0 Å². The Morgan fingerprint density at radius 1 is 1.45 bits per heavy atom. The average Bonchev–Trinajstić information content (AvgIpc) is 2.69. The van der Waals surface area contributed by atoms with Crippen molar-refractivity contribution < 1.29 is 17.9 Å². The number of nitrogens with zero attached hydrogens (tertiary/aromatic N) is 2. The average molecular weight is 304 g/mol. The van der Waals surface area contributed by atoms with Crippen LogP contribution in [0.25, 0.3) is 0 Å². The van der Waals surface area contributed by atoms with Crippen molar-refractivity contribution in [1.82, 2.24) is 19.8 Å². The number of carbonyl (C=O) groups is 1. The minimum Gasteiger partial charge on any atom is -0.462 e. The van der Waals surface area contributed by atoms with E-state index in [4.69, 9.17) is 4.74 Å². The minimum absolute atomic E-state index is 0.283. The molecule has 2 N–H and O–H groups in total. The molecular formula is C11H20N4O4S. The predicted octanol–water partition coefficient (Wildman–Crippen LogP) is -0.764. The van der Waals surface area contributed by atoms with Gasteiger partial charge >= 0.3 is 5.97 Å². The van der Waals surface area contributed by atoms with Gasteiger partial charge in [-0.1, -0.05) is 0 Å². The van der Waals surface area contributed by atoms with E-state index in [0.29, 0.717) is 31.0 Å². The first-order valence-electron chi connectivity index (χ1n) is 6.18. The number of hydrogen-bond acceptors (Lipinski definition) is 6. The van der Waals surface area contributed by atoms with Gasteiger partial charge < -0.3 is 10.1 Å². The monoisotopic (exact) mass is 304 g/mol. The number of aromatic nitrogens is 2. The van der Waals surface area contributed by atoms with Crippen LogP contribution in [0.3, 0.4) is 0 Å². The van der Waals surface area contributed by atoms with E-state index in [9.17, 15) is 13.2 Å². The summed E-state index contributed by atoms with van der Waals surface area (Å²) in [6, 6.07) is 0. The lowest BCUT2D eigenvalue weighted by Gasteiger charge is -2.08. The van der Waals surface area contributed by atoms with Gasteiger partial charge in [-0.3, -0.25) is 4.68 Å². The van der Waals surface area contributed by atoms with Gasteiger partial charge in [-0.15, -0.1) is 0 Å². The van der Waals surface area contributed by atoms with Crippen LogP contribution in [0.4, 0.5) is 0 Å². The maximum atomic E-state index is 11.7. The van der Waals surface area contributed by atoms with E-state index >= 15 is 0 Å². The van der Waals surface area contributed by atoms with E-state index in [1.54, 1.807) is 18.7 Å². The van der Waals surface area contributed by atoms with Crippen molar-refractivity contribution >= 4 is 16.0 Å². The highest BCUT2D eigenvalue weighted by atomic mass is 32.2. The fourth-order valence-corrected chi connectivity index (χ4v) is 2.06. The Labute approximate surface area is 118 Å². The summed E-state index contributed by atoms with van der Waals surface area (Å²) in [4.78, 5) is 11.7. The second-order valence-electron chi connectivity index (χ2n) is 4.19. The van der Waals surface area contributed by atoms with Crippen molar-refractivity contribution in [3.63, 3.8) is 0 Å². The third-order valence-corrected chi connectivity index (χ3v) is 3.24. The molecule has 0 aliphatic heterocycles. The molecule has 0 bridgehead atoms. The van der Waals surface area contributed by atoms with Crippen molar-refractivity contribution in [2.24, 2.45) is 7.05 Å². The normalized spacial score (nSPS) is 11.6. The maximum Gasteiger partial charge on any atom is 0.341 e. The molecule has 0 saturated heterocycles. The summed E-state index contributed by atoms with van der Waals surface area (Å²) in [5.74, 6) is -0.410. The first-order chi connectivity index (χ1) is 9.35. The summed E-state index contributed by atoms with van der Waals surface area (Å²) in [7, 11) is -1.45. The molecule has 1 aromatic rings. The SMILES string of the molecule is CCOC(=O)c1cnn(C)c1CNCCNS(C)(=O)=O. The van der Waals surface area contributed by atoms with Gasteiger partial charge in [-0.05, 0) is 6.92 Å². The summed E-state index contributed by atoms with van der Waals surface area (Å²) in [6.07, 6.45) is 2.57. The summed E-state index contributed by atoms with van der Waals surface area (Å²) in [5.41, 5.74) is 1.11. The Hall–Kier alpha value is -1.45. The summed E-state index contributed by atoms with van der Waals surface area (Å²) in [6.45, 7) is 3.17. The van der Waals surface area contributed by atoms with E-state index in [-0.39, 0.29) is 6.54 Å². The lowest BCUT2D eigenvalue weighted by Crippen LogP contribution is -2.31. The molecule has 9 heteroatoms. The summed E-state index contributed by atoms with van der Waals surface area (Å²) < 4.78 is 30.7. The molecule has 0 spiro atoms. The molecule has 0 unspecified atom stereocenters. The molecule has 114 valence electrons. The summed E-state index contributed by atoms with van der Waals surface area (Å²) >= 11 is 0. The fraction of sp³-hybridized carbons (Fsp3) is 0.636. The molecule has 1 rings (SSSR count). The molecule has 0 amide bonds. The third-order valence-electron chi connectivity index (χ3n) is 2.52. The third kappa shape index (κ3) is 5.27. The van der Waals surface area contributed by atoms with E-state index in [0.717, 1.165) is 6.26 Å². The summed E-state index contributed by atoms with van der Waals surface area (Å²) in [5, 5.41) is 7.07. The second kappa shape index (κ2) is 7.36. The zero-order valence-corrected chi connectivity index (χ0v) is 12.7. The standard InChI is InChI=1S/C11H20N4O4S/c1-4-19-11(16)9-7-13-15(2)10(9)8-12-5-6-14-20(3,17)18/h7,12,14H,4-6,8H2,1-3H3. The van der Waals surface area contributed by atoms with Gasteiger partial charge in [0.25, 0.3) is 0 Å². The van der Waals surface area contributed by atoms with Crippen LogP contribution in [-0.4, -0.2) is 50.1 Å². The highest BCUT2D eigenvalue weighted by Crippen LogP contribution is 2.08. The Bertz CT molecular complexity index is 553. The number of hydrogen-bond donors (Lipinski definition) is 2. The number of sulfonamides is 1. The van der Waals surface area contributed by atoms with Crippen LogP contribution in [0.15, 0.2) is 6.20 Å². The topological polar surface area (TPSA) is 102 Å². The van der Waals surface area contributed by atoms with Crippen LogP contribution in [0, 0.1) is 0 Å². The zero-order chi connectivity index (χ0) is 15.2. The molecule has 0 aromatic carbocycles. The Kier molecular flexibility index (Phi) is 6.11. The molecule has 1 aromatic heterocycles. The number of esters is 1. The lowest BCUT2D eigenvalue weighted by molar-refractivity contribution is 0.0524. The molecule has 0 saturated carbocycles. The maximum absolute atomic E-state index is 11.7. The van der Waals surface area contributed by atoms with Crippen LogP contribution >= 0.6 is 0 Å². The van der Waals surface area contributed by atoms with Gasteiger partial charge in [0, 0.05) is 26.7 Å². The van der Waals surface area contributed by atoms with Crippen LogP contribution in [0.2, 0.25) is 0 Å². The molecule has 1 heterocycles. The number of rotatable bonds is 8. The number of aryl methyl sites for hydroxylation is 1. The number of ether oxygens (including phenoxy) is 1. The molecule has 8 nitrogen and oxygen atoms in total. The second-order valence-corrected chi connectivity index (χ2v) is 6.03. The van der Waals surface area contributed by atoms with Crippen molar-refractivity contribution in [3.05, 3.63) is 17.5 Å². The highest BCUT2D eigenvalue weighted by Gasteiger charge is 2.16. The van der Waals surface area contributed by atoms with E-state index in [2.05, 4.69) is 15.1 Å². The minimum atomic E-state index is -3.18. The van der Waals surface area contributed by atoms with E-state index in [1.165, 1.54) is 6.20 Å². The van der Waals surface area contributed by atoms with Crippen molar-refractivity contribution in [2.45, 2.75) is 13.5 Å². The van der Waals surface area contributed by atoms with Crippen LogP contribution in [0.1, 0.15) is 23.0 Å². The Balaban J connectivity index is 2.51. The van der Waals surface area contributed by atoms with E-state index in [1.807, 2.05) is 0 Å². The van der Waals surface area contributed by atoms with Gasteiger partial charge in [0.2, 0.25) is 10.0 Å². The molecule has 0 radical (unpaired) electrons. The van der Waals surface area contributed by atoms with Crippen LogP contribution in [-0.2, 0) is 28.4 Å². The van der Waals surface area contributed by atoms with Gasteiger partial charge in [0.05, 0.1) is 24.8 Å². The molecule has 0 aliphatic rings. The predicted molar refractivity (Wildman–Crippen MR) is 73.7 cm³/mol. The number of nitrogens with one attached hydrogen (secondary N) is 2.